The number of sulfonamides is 1. The second-order valence-electron chi connectivity index (χ2n) is 4.37. The summed E-state index contributed by atoms with van der Waals surface area (Å²) >= 11 is 4.92. The lowest BCUT2D eigenvalue weighted by Crippen LogP contribution is -2.49. The Morgan fingerprint density at radius 3 is 2.84 bits per heavy atom. The van der Waals surface area contributed by atoms with E-state index in [1.807, 2.05) is 0 Å². The first-order valence-corrected chi connectivity index (χ1v) is 7.69. The molecule has 8 heteroatoms. The van der Waals surface area contributed by atoms with Gasteiger partial charge in [-0.05, 0) is 18.9 Å². The highest BCUT2D eigenvalue weighted by Gasteiger charge is 2.35. The van der Waals surface area contributed by atoms with E-state index in [1.165, 1.54) is 4.31 Å². The highest BCUT2D eigenvalue weighted by Crippen LogP contribution is 2.25. The maximum atomic E-state index is 13.1. The summed E-state index contributed by atoms with van der Waals surface area (Å²) in [6.45, 7) is 0.334. The predicted molar refractivity (Wildman–Crippen MR) is 72.5 cm³/mol. The second-order valence-corrected chi connectivity index (χ2v) is 6.73. The Labute approximate surface area is 116 Å². The van der Waals surface area contributed by atoms with Crippen LogP contribution in [0.25, 0.3) is 0 Å². The summed E-state index contributed by atoms with van der Waals surface area (Å²) in [6, 6.07) is 0.449. The Morgan fingerprint density at radius 2 is 2.21 bits per heavy atom. The van der Waals surface area contributed by atoms with Gasteiger partial charge in [0.15, 0.2) is 0 Å². The van der Waals surface area contributed by atoms with Crippen molar-refractivity contribution in [2.45, 2.75) is 30.2 Å². The Kier molecular flexibility index (Phi) is 4.12. The van der Waals surface area contributed by atoms with Gasteiger partial charge in [0.05, 0.1) is 17.2 Å². The molecule has 0 aromatic carbocycles. The minimum absolute atomic E-state index is 0.146. The molecule has 0 aliphatic carbocycles. The molecule has 1 unspecified atom stereocenters. The van der Waals surface area contributed by atoms with Crippen molar-refractivity contribution in [1.82, 2.24) is 9.29 Å². The minimum atomic E-state index is -3.82. The third-order valence-corrected chi connectivity index (χ3v) is 5.21. The summed E-state index contributed by atoms with van der Waals surface area (Å²) in [7, 11) is -3.82. The molecule has 1 aromatic heterocycles. The molecular formula is C11H14FN3O2S2. The fourth-order valence-electron chi connectivity index (χ4n) is 2.15. The lowest BCUT2D eigenvalue weighted by atomic mass is 10.1. The maximum absolute atomic E-state index is 13.1. The van der Waals surface area contributed by atoms with Gasteiger partial charge in [-0.3, -0.25) is 4.98 Å². The van der Waals surface area contributed by atoms with E-state index in [2.05, 4.69) is 4.98 Å². The van der Waals surface area contributed by atoms with Crippen LogP contribution >= 0.6 is 12.2 Å². The number of nitrogens with zero attached hydrogens (tertiary/aromatic N) is 2. The number of hydrogen-bond donors (Lipinski definition) is 1. The summed E-state index contributed by atoms with van der Waals surface area (Å²) in [6.07, 6.45) is 4.29. The molecule has 0 amide bonds. The average Bonchev–Trinajstić information content (AvgIpc) is 2.38. The van der Waals surface area contributed by atoms with Crippen molar-refractivity contribution >= 4 is 27.2 Å². The van der Waals surface area contributed by atoms with Gasteiger partial charge in [0, 0.05) is 12.7 Å². The Hall–Kier alpha value is -1.12. The summed E-state index contributed by atoms with van der Waals surface area (Å²) in [5.41, 5.74) is 5.60. The molecule has 1 fully saturated rings. The molecule has 0 saturated carbocycles. The molecule has 2 rings (SSSR count). The van der Waals surface area contributed by atoms with Gasteiger partial charge < -0.3 is 5.73 Å². The number of pyridine rings is 1. The predicted octanol–water partition coefficient (Wildman–Crippen LogP) is 1.05. The first-order chi connectivity index (χ1) is 8.93. The number of rotatable bonds is 3. The van der Waals surface area contributed by atoms with Crippen LogP contribution in [0, 0.1) is 5.82 Å². The van der Waals surface area contributed by atoms with E-state index in [-0.39, 0.29) is 9.88 Å². The van der Waals surface area contributed by atoms with Crippen LogP contribution < -0.4 is 5.73 Å². The molecule has 0 spiro atoms. The summed E-state index contributed by atoms with van der Waals surface area (Å²) < 4.78 is 39.3. The zero-order valence-corrected chi connectivity index (χ0v) is 11.8. The number of halogens is 1. The van der Waals surface area contributed by atoms with Crippen molar-refractivity contribution < 1.29 is 12.8 Å². The molecule has 104 valence electrons. The molecule has 1 atom stereocenters. The zero-order chi connectivity index (χ0) is 14.0. The number of hydrogen-bond acceptors (Lipinski definition) is 4. The van der Waals surface area contributed by atoms with E-state index in [9.17, 15) is 12.8 Å². The fourth-order valence-corrected chi connectivity index (χ4v) is 4.11. The van der Waals surface area contributed by atoms with E-state index in [0.29, 0.717) is 13.0 Å². The van der Waals surface area contributed by atoms with Crippen LogP contribution in [0.4, 0.5) is 4.39 Å². The summed E-state index contributed by atoms with van der Waals surface area (Å²) in [5, 5.41) is 0. The SMILES string of the molecule is NC(=S)C1CCCCN1S(=O)(=O)c1cncc(F)c1. The Balaban J connectivity index is 2.40. The van der Waals surface area contributed by atoms with Gasteiger partial charge in [0.2, 0.25) is 10.0 Å². The van der Waals surface area contributed by atoms with Crippen LogP contribution in [0.5, 0.6) is 0 Å². The molecule has 2 heterocycles. The lowest BCUT2D eigenvalue weighted by Gasteiger charge is -2.33. The van der Waals surface area contributed by atoms with E-state index in [0.717, 1.165) is 31.3 Å². The molecule has 1 aromatic rings. The number of thiocarbonyl (C=S) groups is 1. The molecule has 19 heavy (non-hydrogen) atoms. The third kappa shape index (κ3) is 2.90. The van der Waals surface area contributed by atoms with Crippen LogP contribution in [0.3, 0.4) is 0 Å². The van der Waals surface area contributed by atoms with Crippen molar-refractivity contribution in [3.63, 3.8) is 0 Å². The number of nitrogens with two attached hydrogens (primary N) is 1. The van der Waals surface area contributed by atoms with E-state index >= 15 is 0 Å². The summed E-state index contributed by atoms with van der Waals surface area (Å²) in [5.74, 6) is -0.690. The third-order valence-electron chi connectivity index (χ3n) is 3.07. The normalized spacial score (nSPS) is 21.2. The van der Waals surface area contributed by atoms with Gasteiger partial charge in [-0.15, -0.1) is 0 Å². The highest BCUT2D eigenvalue weighted by molar-refractivity contribution is 7.89. The van der Waals surface area contributed by atoms with E-state index < -0.39 is 21.9 Å². The van der Waals surface area contributed by atoms with Crippen molar-refractivity contribution in [3.8, 4) is 0 Å². The van der Waals surface area contributed by atoms with Crippen LogP contribution in [0.15, 0.2) is 23.4 Å². The van der Waals surface area contributed by atoms with Gasteiger partial charge in [-0.1, -0.05) is 18.6 Å². The van der Waals surface area contributed by atoms with E-state index in [1.54, 1.807) is 0 Å². The molecular weight excluding hydrogens is 289 g/mol. The largest absolute Gasteiger partial charge is 0.392 e. The quantitative estimate of drug-likeness (QED) is 0.845. The zero-order valence-electron chi connectivity index (χ0n) is 10.1. The van der Waals surface area contributed by atoms with Gasteiger partial charge in [0.25, 0.3) is 0 Å². The summed E-state index contributed by atoms with van der Waals surface area (Å²) in [4.78, 5) is 3.55. The molecule has 1 aliphatic rings. The molecule has 1 aliphatic heterocycles. The lowest BCUT2D eigenvalue weighted by molar-refractivity contribution is 0.306. The maximum Gasteiger partial charge on any atom is 0.245 e. The van der Waals surface area contributed by atoms with Crippen molar-refractivity contribution in [2.75, 3.05) is 6.54 Å². The molecule has 2 N–H and O–H groups in total. The Bertz CT molecular complexity index is 591. The molecule has 0 radical (unpaired) electrons. The number of aromatic nitrogens is 1. The van der Waals surface area contributed by atoms with Crippen molar-refractivity contribution in [1.29, 1.82) is 0 Å². The van der Waals surface area contributed by atoms with Gasteiger partial charge in [-0.2, -0.15) is 4.31 Å². The van der Waals surface area contributed by atoms with Gasteiger partial charge in [0.1, 0.15) is 10.7 Å². The van der Waals surface area contributed by atoms with Crippen molar-refractivity contribution in [2.24, 2.45) is 5.73 Å². The van der Waals surface area contributed by atoms with Crippen LogP contribution in [-0.4, -0.2) is 35.3 Å². The number of piperidine rings is 1. The van der Waals surface area contributed by atoms with Crippen LogP contribution in [0.1, 0.15) is 19.3 Å². The Morgan fingerprint density at radius 1 is 1.47 bits per heavy atom. The van der Waals surface area contributed by atoms with Crippen LogP contribution in [-0.2, 0) is 10.0 Å². The molecule has 1 saturated heterocycles. The molecule has 0 bridgehead atoms. The standard InChI is InChI=1S/C11H14FN3O2S2/c12-8-5-9(7-14-6-8)19(16,17)15-4-2-1-3-10(15)11(13)18/h5-7,10H,1-4H2,(H2,13,18). The monoisotopic (exact) mass is 303 g/mol. The first-order valence-electron chi connectivity index (χ1n) is 5.84. The topological polar surface area (TPSA) is 76.3 Å². The van der Waals surface area contributed by atoms with Crippen molar-refractivity contribution in [3.05, 3.63) is 24.3 Å². The highest BCUT2D eigenvalue weighted by atomic mass is 32.2. The second kappa shape index (κ2) is 5.48. The fraction of sp³-hybridized carbons (Fsp3) is 0.455. The smallest absolute Gasteiger partial charge is 0.245 e. The van der Waals surface area contributed by atoms with E-state index in [4.69, 9.17) is 18.0 Å². The first kappa shape index (κ1) is 14.3. The van der Waals surface area contributed by atoms with Gasteiger partial charge in [-0.25, -0.2) is 12.8 Å². The minimum Gasteiger partial charge on any atom is -0.392 e. The van der Waals surface area contributed by atoms with Crippen LogP contribution in [0.2, 0.25) is 0 Å². The van der Waals surface area contributed by atoms with Gasteiger partial charge >= 0.3 is 0 Å². The molecule has 5 nitrogen and oxygen atoms in total. The average molecular weight is 303 g/mol.